The number of nitrogens with one attached hydrogen (secondary N) is 1. The van der Waals surface area contributed by atoms with E-state index in [1.807, 2.05) is 0 Å². The van der Waals surface area contributed by atoms with E-state index >= 15 is 0 Å². The van der Waals surface area contributed by atoms with Crippen LogP contribution in [0.25, 0.3) is 0 Å². The Morgan fingerprint density at radius 1 is 1.20 bits per heavy atom. The molecule has 0 amide bonds. The SMILES string of the molecule is c1cn(C2CCCCC2)nc1NCCN1CCOCC1. The lowest BCUT2D eigenvalue weighted by molar-refractivity contribution is 0.0398. The third-order valence-electron chi connectivity index (χ3n) is 4.40. The van der Waals surface area contributed by atoms with E-state index in [1.54, 1.807) is 0 Å². The van der Waals surface area contributed by atoms with Crippen molar-refractivity contribution in [2.24, 2.45) is 0 Å². The molecule has 1 saturated carbocycles. The maximum Gasteiger partial charge on any atom is 0.148 e. The van der Waals surface area contributed by atoms with Crippen LogP contribution in [0.2, 0.25) is 0 Å². The number of aromatic nitrogens is 2. The molecule has 5 heteroatoms. The number of anilines is 1. The lowest BCUT2D eigenvalue weighted by Gasteiger charge is -2.26. The summed E-state index contributed by atoms with van der Waals surface area (Å²) in [7, 11) is 0. The van der Waals surface area contributed by atoms with Crippen molar-refractivity contribution in [2.45, 2.75) is 38.1 Å². The van der Waals surface area contributed by atoms with Crippen molar-refractivity contribution in [3.8, 4) is 0 Å². The van der Waals surface area contributed by atoms with Gasteiger partial charge in [-0.15, -0.1) is 0 Å². The Balaban J connectivity index is 1.42. The molecule has 2 aliphatic rings. The first kappa shape index (κ1) is 13.9. The van der Waals surface area contributed by atoms with Crippen LogP contribution in [0.4, 0.5) is 5.82 Å². The van der Waals surface area contributed by atoms with Gasteiger partial charge >= 0.3 is 0 Å². The molecule has 1 saturated heterocycles. The zero-order valence-corrected chi connectivity index (χ0v) is 12.3. The van der Waals surface area contributed by atoms with Crippen LogP contribution in [0.15, 0.2) is 12.3 Å². The summed E-state index contributed by atoms with van der Waals surface area (Å²) in [5.41, 5.74) is 0. The van der Waals surface area contributed by atoms with Gasteiger partial charge in [0.15, 0.2) is 0 Å². The summed E-state index contributed by atoms with van der Waals surface area (Å²) in [6, 6.07) is 2.73. The summed E-state index contributed by atoms with van der Waals surface area (Å²) in [6.07, 6.45) is 8.80. The summed E-state index contributed by atoms with van der Waals surface area (Å²) in [5.74, 6) is 1.02. The van der Waals surface area contributed by atoms with E-state index in [9.17, 15) is 0 Å². The third kappa shape index (κ3) is 3.73. The molecule has 3 rings (SSSR count). The average Bonchev–Trinajstić information content (AvgIpc) is 2.98. The first-order valence-electron chi connectivity index (χ1n) is 8.01. The van der Waals surface area contributed by atoms with Crippen molar-refractivity contribution >= 4 is 5.82 Å². The van der Waals surface area contributed by atoms with Crippen molar-refractivity contribution < 1.29 is 4.74 Å². The van der Waals surface area contributed by atoms with E-state index in [2.05, 4.69) is 32.3 Å². The van der Waals surface area contributed by atoms with Crippen molar-refractivity contribution in [1.29, 1.82) is 0 Å². The number of hydrogen-bond donors (Lipinski definition) is 1. The second-order valence-electron chi connectivity index (χ2n) is 5.85. The van der Waals surface area contributed by atoms with Gasteiger partial charge in [-0.3, -0.25) is 9.58 Å². The molecule has 0 radical (unpaired) electrons. The smallest absolute Gasteiger partial charge is 0.148 e. The molecule has 0 bridgehead atoms. The van der Waals surface area contributed by atoms with Crippen LogP contribution in [0.3, 0.4) is 0 Å². The van der Waals surface area contributed by atoms with Gasteiger partial charge in [-0.1, -0.05) is 19.3 Å². The Morgan fingerprint density at radius 2 is 2.00 bits per heavy atom. The van der Waals surface area contributed by atoms with Gasteiger partial charge in [0.2, 0.25) is 0 Å². The minimum Gasteiger partial charge on any atom is -0.379 e. The quantitative estimate of drug-likeness (QED) is 0.896. The molecule has 5 nitrogen and oxygen atoms in total. The zero-order valence-electron chi connectivity index (χ0n) is 12.3. The van der Waals surface area contributed by atoms with Crippen molar-refractivity contribution in [3.05, 3.63) is 12.3 Å². The predicted molar refractivity (Wildman–Crippen MR) is 80.1 cm³/mol. The van der Waals surface area contributed by atoms with Crippen LogP contribution in [-0.4, -0.2) is 54.1 Å². The average molecular weight is 278 g/mol. The van der Waals surface area contributed by atoms with Crippen LogP contribution in [0.5, 0.6) is 0 Å². The molecule has 0 atom stereocenters. The summed E-state index contributed by atoms with van der Waals surface area (Å²) in [4.78, 5) is 2.44. The number of hydrogen-bond acceptors (Lipinski definition) is 4. The molecule has 20 heavy (non-hydrogen) atoms. The van der Waals surface area contributed by atoms with Gasteiger partial charge in [0, 0.05) is 38.4 Å². The summed E-state index contributed by atoms with van der Waals surface area (Å²) in [5, 5.41) is 8.12. The summed E-state index contributed by atoms with van der Waals surface area (Å²) in [6.45, 7) is 5.88. The maximum absolute atomic E-state index is 5.36. The van der Waals surface area contributed by atoms with Crippen LogP contribution in [0.1, 0.15) is 38.1 Å². The molecule has 1 N–H and O–H groups in total. The van der Waals surface area contributed by atoms with Crippen molar-refractivity contribution in [1.82, 2.24) is 14.7 Å². The zero-order chi connectivity index (χ0) is 13.6. The van der Waals surface area contributed by atoms with Crippen LogP contribution in [-0.2, 0) is 4.74 Å². The number of rotatable bonds is 5. The lowest BCUT2D eigenvalue weighted by atomic mass is 9.96. The van der Waals surface area contributed by atoms with Gasteiger partial charge in [0.1, 0.15) is 5.82 Å². The van der Waals surface area contributed by atoms with E-state index in [0.29, 0.717) is 6.04 Å². The lowest BCUT2D eigenvalue weighted by Crippen LogP contribution is -2.39. The molecule has 0 spiro atoms. The molecule has 1 aromatic heterocycles. The van der Waals surface area contributed by atoms with E-state index < -0.39 is 0 Å². The highest BCUT2D eigenvalue weighted by molar-refractivity contribution is 5.32. The number of nitrogens with zero attached hydrogens (tertiary/aromatic N) is 3. The molecular weight excluding hydrogens is 252 g/mol. The standard InChI is InChI=1S/C15H26N4O/c1-2-4-14(5-3-1)19-8-6-15(17-19)16-7-9-18-10-12-20-13-11-18/h6,8,14H,1-5,7,9-13H2,(H,16,17). The minimum absolute atomic E-state index is 0.624. The largest absolute Gasteiger partial charge is 0.379 e. The summed E-state index contributed by atoms with van der Waals surface area (Å²) >= 11 is 0. The van der Waals surface area contributed by atoms with Crippen molar-refractivity contribution in [3.63, 3.8) is 0 Å². The highest BCUT2D eigenvalue weighted by atomic mass is 16.5. The molecule has 2 heterocycles. The second-order valence-corrected chi connectivity index (χ2v) is 5.85. The second kappa shape index (κ2) is 7.09. The van der Waals surface area contributed by atoms with Crippen LogP contribution >= 0.6 is 0 Å². The minimum atomic E-state index is 0.624. The van der Waals surface area contributed by atoms with E-state index in [-0.39, 0.29) is 0 Å². The highest BCUT2D eigenvalue weighted by Crippen LogP contribution is 2.27. The molecule has 2 fully saturated rings. The number of morpholine rings is 1. The van der Waals surface area contributed by atoms with E-state index in [1.165, 1.54) is 32.1 Å². The molecular formula is C15H26N4O. The number of ether oxygens (including phenoxy) is 1. The van der Waals surface area contributed by atoms with Crippen molar-refractivity contribution in [2.75, 3.05) is 44.7 Å². The molecule has 0 unspecified atom stereocenters. The van der Waals surface area contributed by atoms with Gasteiger partial charge in [-0.05, 0) is 12.8 Å². The first-order valence-corrected chi connectivity index (χ1v) is 8.01. The Bertz CT molecular complexity index is 394. The van der Waals surface area contributed by atoms with Gasteiger partial charge in [0.25, 0.3) is 0 Å². The Hall–Kier alpha value is -1.07. The van der Waals surface area contributed by atoms with Crippen LogP contribution < -0.4 is 5.32 Å². The maximum atomic E-state index is 5.36. The van der Waals surface area contributed by atoms with E-state index in [0.717, 1.165) is 45.2 Å². The van der Waals surface area contributed by atoms with E-state index in [4.69, 9.17) is 4.74 Å². The van der Waals surface area contributed by atoms with Gasteiger partial charge < -0.3 is 10.1 Å². The molecule has 112 valence electrons. The highest BCUT2D eigenvalue weighted by Gasteiger charge is 2.16. The van der Waals surface area contributed by atoms with Gasteiger partial charge in [-0.25, -0.2) is 0 Å². The predicted octanol–water partition coefficient (Wildman–Crippen LogP) is 2.13. The Labute approximate surface area is 121 Å². The monoisotopic (exact) mass is 278 g/mol. The third-order valence-corrected chi connectivity index (χ3v) is 4.40. The molecule has 1 aliphatic carbocycles. The van der Waals surface area contributed by atoms with Crippen LogP contribution in [0, 0.1) is 0 Å². The molecule has 0 aromatic carbocycles. The Morgan fingerprint density at radius 3 is 2.80 bits per heavy atom. The van der Waals surface area contributed by atoms with Gasteiger partial charge in [-0.2, -0.15) is 5.10 Å². The fourth-order valence-corrected chi connectivity index (χ4v) is 3.15. The van der Waals surface area contributed by atoms with Gasteiger partial charge in [0.05, 0.1) is 19.3 Å². The normalized spacial score (nSPS) is 22.0. The summed E-state index contributed by atoms with van der Waals surface area (Å²) < 4.78 is 7.52. The fourth-order valence-electron chi connectivity index (χ4n) is 3.15. The molecule has 1 aliphatic heterocycles. The Kier molecular flexibility index (Phi) is 4.92. The fraction of sp³-hybridized carbons (Fsp3) is 0.800. The first-order chi connectivity index (χ1) is 9.92. The topological polar surface area (TPSA) is 42.3 Å². The molecule has 1 aromatic rings.